The van der Waals surface area contributed by atoms with E-state index >= 15 is 0 Å². The average Bonchev–Trinajstić information content (AvgIpc) is 3.30. The van der Waals surface area contributed by atoms with Crippen LogP contribution in [0, 0.1) is 10.1 Å². The van der Waals surface area contributed by atoms with Crippen molar-refractivity contribution in [2.45, 2.75) is 5.22 Å². The maximum atomic E-state index is 11.7. The molecule has 0 saturated carbocycles. The molecule has 0 spiro atoms. The fraction of sp³-hybridized carbons (Fsp3) is 0.0667. The Balaban J connectivity index is 1.50. The van der Waals surface area contributed by atoms with Gasteiger partial charge in [0, 0.05) is 0 Å². The fourth-order valence-electron chi connectivity index (χ4n) is 1.79. The Kier molecular flexibility index (Phi) is 5.39. The lowest BCUT2D eigenvalue weighted by Gasteiger charge is -1.97. The van der Waals surface area contributed by atoms with Crippen molar-refractivity contribution >= 4 is 29.8 Å². The van der Waals surface area contributed by atoms with Crippen LogP contribution < -0.4 is 5.43 Å². The zero-order chi connectivity index (χ0) is 18.4. The molecule has 26 heavy (non-hydrogen) atoms. The third-order valence-electron chi connectivity index (χ3n) is 2.92. The smallest absolute Gasteiger partial charge is 0.408 e. The third-order valence-corrected chi connectivity index (χ3v) is 3.74. The van der Waals surface area contributed by atoms with Gasteiger partial charge in [-0.15, -0.1) is 10.2 Å². The molecule has 1 N–H and O–H groups in total. The first-order chi connectivity index (χ1) is 12.6. The van der Waals surface area contributed by atoms with E-state index in [4.69, 9.17) is 8.83 Å². The molecule has 0 bridgehead atoms. The number of aromatic nitrogens is 2. The van der Waals surface area contributed by atoms with Crippen LogP contribution >= 0.6 is 11.8 Å². The Morgan fingerprint density at radius 1 is 1.23 bits per heavy atom. The van der Waals surface area contributed by atoms with Gasteiger partial charge in [0.2, 0.25) is 0 Å². The molecule has 132 valence electrons. The summed E-state index contributed by atoms with van der Waals surface area (Å²) in [4.78, 5) is 21.7. The van der Waals surface area contributed by atoms with Crippen LogP contribution in [0.4, 0.5) is 5.88 Å². The van der Waals surface area contributed by atoms with E-state index in [0.29, 0.717) is 0 Å². The van der Waals surface area contributed by atoms with E-state index in [1.165, 1.54) is 18.3 Å². The summed E-state index contributed by atoms with van der Waals surface area (Å²) in [5, 5.41) is 22.0. The zero-order valence-corrected chi connectivity index (χ0v) is 13.9. The lowest BCUT2D eigenvalue weighted by Crippen LogP contribution is -2.19. The van der Waals surface area contributed by atoms with Crippen molar-refractivity contribution in [2.75, 3.05) is 5.75 Å². The molecule has 0 saturated heterocycles. The normalized spacial score (nSPS) is 10.9. The second-order valence-corrected chi connectivity index (χ2v) is 5.69. The van der Waals surface area contributed by atoms with E-state index in [9.17, 15) is 14.9 Å². The van der Waals surface area contributed by atoms with Crippen molar-refractivity contribution in [3.8, 4) is 11.7 Å². The van der Waals surface area contributed by atoms with Gasteiger partial charge in [-0.2, -0.15) is 5.10 Å². The molecular formula is C15H11N5O5S. The van der Waals surface area contributed by atoms with Crippen LogP contribution in [0.3, 0.4) is 0 Å². The lowest BCUT2D eigenvalue weighted by atomic mass is 10.2. The monoisotopic (exact) mass is 373 g/mol. The van der Waals surface area contributed by atoms with E-state index in [0.717, 1.165) is 17.3 Å². The number of nitrogens with one attached hydrogen (secondary N) is 1. The molecular weight excluding hydrogens is 362 g/mol. The van der Waals surface area contributed by atoms with E-state index in [2.05, 4.69) is 20.7 Å². The molecule has 1 amide bonds. The van der Waals surface area contributed by atoms with Crippen LogP contribution in [-0.2, 0) is 4.79 Å². The SMILES string of the molecule is O=C(CSc1nnc(-c2ccc([N+](=O)[O-])o2)o1)N/N=C/c1ccccc1. The number of thioether (sulfide) groups is 1. The van der Waals surface area contributed by atoms with E-state index in [1.54, 1.807) is 0 Å². The Hall–Kier alpha value is -3.47. The van der Waals surface area contributed by atoms with Crippen molar-refractivity contribution in [1.82, 2.24) is 15.6 Å². The van der Waals surface area contributed by atoms with Crippen LogP contribution in [0.25, 0.3) is 11.7 Å². The first kappa shape index (κ1) is 17.4. The van der Waals surface area contributed by atoms with Crippen LogP contribution in [-0.4, -0.2) is 33.0 Å². The van der Waals surface area contributed by atoms with Crippen LogP contribution in [0.2, 0.25) is 0 Å². The summed E-state index contributed by atoms with van der Waals surface area (Å²) in [6.45, 7) is 0. The van der Waals surface area contributed by atoms with Gasteiger partial charge in [0.05, 0.1) is 18.0 Å². The number of benzene rings is 1. The number of amides is 1. The van der Waals surface area contributed by atoms with Gasteiger partial charge in [-0.25, -0.2) is 5.43 Å². The summed E-state index contributed by atoms with van der Waals surface area (Å²) < 4.78 is 10.3. The number of furan rings is 1. The standard InChI is InChI=1S/C15H11N5O5S/c21-12(17-16-8-10-4-2-1-3-5-10)9-26-15-19-18-14(25-15)11-6-7-13(24-11)20(22)23/h1-8H,9H2,(H,17,21)/b16-8+. The van der Waals surface area contributed by atoms with Crippen molar-refractivity contribution in [1.29, 1.82) is 0 Å². The molecule has 3 aromatic rings. The molecule has 10 nitrogen and oxygen atoms in total. The summed E-state index contributed by atoms with van der Waals surface area (Å²) in [7, 11) is 0. The Morgan fingerprint density at radius 2 is 2.04 bits per heavy atom. The summed E-state index contributed by atoms with van der Waals surface area (Å²) >= 11 is 1.00. The van der Waals surface area contributed by atoms with Crippen LogP contribution in [0.5, 0.6) is 0 Å². The summed E-state index contributed by atoms with van der Waals surface area (Å²) in [5.74, 6) is -0.707. The predicted molar refractivity (Wildman–Crippen MR) is 91.6 cm³/mol. The van der Waals surface area contributed by atoms with Gasteiger partial charge < -0.3 is 8.83 Å². The largest absolute Gasteiger partial charge is 0.433 e. The summed E-state index contributed by atoms with van der Waals surface area (Å²) in [6.07, 6.45) is 1.52. The molecule has 0 unspecified atom stereocenters. The van der Waals surface area contributed by atoms with E-state index < -0.39 is 10.8 Å². The molecule has 0 aliphatic carbocycles. The molecule has 3 rings (SSSR count). The summed E-state index contributed by atoms with van der Waals surface area (Å²) in [5.41, 5.74) is 3.24. The number of nitrogens with zero attached hydrogens (tertiary/aromatic N) is 4. The van der Waals surface area contributed by atoms with Gasteiger partial charge in [-0.1, -0.05) is 42.1 Å². The van der Waals surface area contributed by atoms with E-state index in [1.807, 2.05) is 30.3 Å². The molecule has 0 radical (unpaired) electrons. The minimum atomic E-state index is -0.671. The lowest BCUT2D eigenvalue weighted by molar-refractivity contribution is -0.401. The van der Waals surface area contributed by atoms with Crippen molar-refractivity contribution in [3.05, 3.63) is 58.1 Å². The van der Waals surface area contributed by atoms with Crippen molar-refractivity contribution < 1.29 is 18.6 Å². The van der Waals surface area contributed by atoms with Gasteiger partial charge in [0.15, 0.2) is 5.76 Å². The van der Waals surface area contributed by atoms with Crippen molar-refractivity contribution in [2.24, 2.45) is 5.10 Å². The third kappa shape index (κ3) is 4.54. The highest BCUT2D eigenvalue weighted by molar-refractivity contribution is 7.99. The number of rotatable bonds is 7. The highest BCUT2D eigenvalue weighted by Crippen LogP contribution is 2.27. The molecule has 1 aromatic carbocycles. The van der Waals surface area contributed by atoms with Gasteiger partial charge in [-0.3, -0.25) is 14.9 Å². The topological polar surface area (TPSA) is 137 Å². The molecule has 0 atom stereocenters. The van der Waals surface area contributed by atoms with Crippen LogP contribution in [0.1, 0.15) is 5.56 Å². The number of hydrazone groups is 1. The quantitative estimate of drug-likeness (QED) is 0.289. The van der Waals surface area contributed by atoms with Crippen molar-refractivity contribution in [3.63, 3.8) is 0 Å². The first-order valence-electron chi connectivity index (χ1n) is 7.19. The maximum absolute atomic E-state index is 11.7. The predicted octanol–water partition coefficient (Wildman–Crippen LogP) is 2.48. The average molecular weight is 373 g/mol. The number of carbonyl (C=O) groups is 1. The number of hydrogen-bond donors (Lipinski definition) is 1. The second-order valence-electron chi connectivity index (χ2n) is 4.76. The number of hydrogen-bond acceptors (Lipinski definition) is 9. The highest BCUT2D eigenvalue weighted by atomic mass is 32.2. The van der Waals surface area contributed by atoms with Crippen LogP contribution in [0.15, 0.2) is 61.6 Å². The van der Waals surface area contributed by atoms with Gasteiger partial charge in [0.1, 0.15) is 4.92 Å². The molecule has 0 fully saturated rings. The minimum Gasteiger partial charge on any atom is -0.408 e. The maximum Gasteiger partial charge on any atom is 0.433 e. The molecule has 2 aromatic heterocycles. The molecule has 2 heterocycles. The summed E-state index contributed by atoms with van der Waals surface area (Å²) in [6, 6.07) is 11.8. The number of nitro groups is 1. The minimum absolute atomic E-state index is 0.00602. The molecule has 0 aliphatic heterocycles. The first-order valence-corrected chi connectivity index (χ1v) is 8.18. The zero-order valence-electron chi connectivity index (χ0n) is 13.1. The fourth-order valence-corrected chi connectivity index (χ4v) is 2.34. The molecule has 11 heteroatoms. The van der Waals surface area contributed by atoms with Gasteiger partial charge in [0.25, 0.3) is 17.0 Å². The number of carbonyl (C=O) groups excluding carboxylic acids is 1. The highest BCUT2D eigenvalue weighted by Gasteiger charge is 2.18. The Labute approximate surface area is 150 Å². The van der Waals surface area contributed by atoms with Gasteiger partial charge >= 0.3 is 5.88 Å². The Bertz CT molecular complexity index is 937. The van der Waals surface area contributed by atoms with E-state index in [-0.39, 0.29) is 28.5 Å². The second kappa shape index (κ2) is 8.07. The Morgan fingerprint density at radius 3 is 2.77 bits per heavy atom. The van der Waals surface area contributed by atoms with Gasteiger partial charge in [-0.05, 0) is 11.6 Å². The molecule has 0 aliphatic rings.